The van der Waals surface area contributed by atoms with Crippen molar-refractivity contribution in [1.82, 2.24) is 15.0 Å². The fraction of sp³-hybridized carbons (Fsp3) is 0.364. The number of fused-ring (bicyclic) bond motifs is 1. The molecule has 1 unspecified atom stereocenters. The van der Waals surface area contributed by atoms with Crippen LogP contribution in [0.15, 0.2) is 17.4 Å². The molecular formula is C11H13N3O2S. The van der Waals surface area contributed by atoms with Gasteiger partial charge in [0.15, 0.2) is 10.8 Å². The number of esters is 1. The van der Waals surface area contributed by atoms with Crippen LogP contribution >= 0.6 is 11.8 Å². The average molecular weight is 251 g/mol. The van der Waals surface area contributed by atoms with E-state index in [4.69, 9.17) is 0 Å². The van der Waals surface area contributed by atoms with E-state index in [1.807, 2.05) is 13.0 Å². The lowest BCUT2D eigenvalue weighted by molar-refractivity contribution is -0.139. The van der Waals surface area contributed by atoms with Crippen molar-refractivity contribution in [2.45, 2.75) is 24.3 Å². The molecule has 0 aliphatic heterocycles. The fourth-order valence-corrected chi connectivity index (χ4v) is 2.28. The van der Waals surface area contributed by atoms with Crippen LogP contribution in [0.3, 0.4) is 0 Å². The Balaban J connectivity index is 2.26. The van der Waals surface area contributed by atoms with E-state index in [1.54, 1.807) is 13.1 Å². The lowest BCUT2D eigenvalue weighted by Gasteiger charge is -2.05. The second kappa shape index (κ2) is 4.75. The third-order valence-corrected chi connectivity index (χ3v) is 3.36. The van der Waals surface area contributed by atoms with Crippen LogP contribution in [0.1, 0.15) is 12.5 Å². The van der Waals surface area contributed by atoms with Crippen LogP contribution in [0.2, 0.25) is 0 Å². The Bertz CT molecular complexity index is 553. The first kappa shape index (κ1) is 11.9. The molecule has 0 aliphatic carbocycles. The Morgan fingerprint density at radius 2 is 2.35 bits per heavy atom. The van der Waals surface area contributed by atoms with Gasteiger partial charge in [0.1, 0.15) is 5.25 Å². The number of nitrogens with one attached hydrogen (secondary N) is 1. The number of carbonyl (C=O) groups excluding carboxylic acids is 1. The third-order valence-electron chi connectivity index (χ3n) is 2.40. The highest BCUT2D eigenvalue weighted by molar-refractivity contribution is 8.00. The summed E-state index contributed by atoms with van der Waals surface area (Å²) in [4.78, 5) is 22.9. The highest BCUT2D eigenvalue weighted by atomic mass is 32.2. The van der Waals surface area contributed by atoms with Crippen molar-refractivity contribution in [2.24, 2.45) is 0 Å². The van der Waals surface area contributed by atoms with E-state index in [2.05, 4.69) is 19.7 Å². The lowest BCUT2D eigenvalue weighted by Crippen LogP contribution is -2.14. The number of pyridine rings is 1. The van der Waals surface area contributed by atoms with Gasteiger partial charge in [0.05, 0.1) is 12.6 Å². The van der Waals surface area contributed by atoms with Crippen molar-refractivity contribution in [3.8, 4) is 0 Å². The summed E-state index contributed by atoms with van der Waals surface area (Å²) in [5.41, 5.74) is 2.66. The van der Waals surface area contributed by atoms with Crippen molar-refractivity contribution in [1.29, 1.82) is 0 Å². The summed E-state index contributed by atoms with van der Waals surface area (Å²) in [6, 6.07) is 1.92. The van der Waals surface area contributed by atoms with E-state index in [0.717, 1.165) is 11.1 Å². The van der Waals surface area contributed by atoms with Gasteiger partial charge in [-0.15, -0.1) is 0 Å². The number of rotatable bonds is 3. The van der Waals surface area contributed by atoms with Crippen LogP contribution in [-0.2, 0) is 9.53 Å². The van der Waals surface area contributed by atoms with Crippen molar-refractivity contribution < 1.29 is 9.53 Å². The molecular weight excluding hydrogens is 238 g/mol. The predicted molar refractivity (Wildman–Crippen MR) is 66.0 cm³/mol. The number of aromatic nitrogens is 3. The van der Waals surface area contributed by atoms with Gasteiger partial charge in [0.2, 0.25) is 0 Å². The maximum atomic E-state index is 11.3. The first-order valence-electron chi connectivity index (χ1n) is 5.17. The van der Waals surface area contributed by atoms with Crippen LogP contribution in [0.5, 0.6) is 0 Å². The maximum Gasteiger partial charge on any atom is 0.318 e. The largest absolute Gasteiger partial charge is 0.468 e. The molecule has 2 heterocycles. The number of aryl methyl sites for hydroxylation is 1. The van der Waals surface area contributed by atoms with E-state index in [1.165, 1.54) is 18.9 Å². The second-order valence-corrected chi connectivity index (χ2v) is 4.98. The number of imidazole rings is 1. The van der Waals surface area contributed by atoms with Crippen LogP contribution in [0.4, 0.5) is 0 Å². The number of hydrogen-bond acceptors (Lipinski definition) is 5. The summed E-state index contributed by atoms with van der Waals surface area (Å²) < 4.78 is 4.66. The van der Waals surface area contributed by atoms with Gasteiger partial charge in [0.25, 0.3) is 0 Å². The monoisotopic (exact) mass is 251 g/mol. The lowest BCUT2D eigenvalue weighted by atomic mass is 10.3. The highest BCUT2D eigenvalue weighted by Crippen LogP contribution is 2.24. The molecule has 0 saturated carbocycles. The molecule has 0 amide bonds. The first-order chi connectivity index (χ1) is 8.11. The quantitative estimate of drug-likeness (QED) is 0.666. The molecule has 0 aliphatic rings. The smallest absolute Gasteiger partial charge is 0.318 e. The number of hydrogen-bond donors (Lipinski definition) is 1. The van der Waals surface area contributed by atoms with Crippen molar-refractivity contribution >= 4 is 28.9 Å². The maximum absolute atomic E-state index is 11.3. The minimum absolute atomic E-state index is 0.264. The molecule has 17 heavy (non-hydrogen) atoms. The molecule has 1 N–H and O–H groups in total. The van der Waals surface area contributed by atoms with Gasteiger partial charge >= 0.3 is 5.97 Å². The van der Waals surface area contributed by atoms with E-state index < -0.39 is 0 Å². The Kier molecular flexibility index (Phi) is 3.33. The molecule has 0 bridgehead atoms. The number of methoxy groups -OCH3 is 1. The molecule has 0 fully saturated rings. The summed E-state index contributed by atoms with van der Waals surface area (Å²) in [5.74, 6) is -0.264. The predicted octanol–water partition coefficient (Wildman–Crippen LogP) is 1.92. The van der Waals surface area contributed by atoms with Gasteiger partial charge in [0, 0.05) is 6.20 Å². The van der Waals surface area contributed by atoms with E-state index in [-0.39, 0.29) is 11.2 Å². The van der Waals surface area contributed by atoms with Crippen LogP contribution in [0, 0.1) is 6.92 Å². The summed E-state index contributed by atoms with van der Waals surface area (Å²) in [6.07, 6.45) is 1.72. The Morgan fingerprint density at radius 3 is 3.00 bits per heavy atom. The molecule has 1 atom stereocenters. The number of ether oxygens (including phenoxy) is 1. The topological polar surface area (TPSA) is 67.9 Å². The molecule has 90 valence electrons. The fourth-order valence-electron chi connectivity index (χ4n) is 1.45. The number of nitrogens with zero attached hydrogens (tertiary/aromatic N) is 2. The summed E-state index contributed by atoms with van der Waals surface area (Å²) in [5, 5.41) is 0.389. The number of carbonyl (C=O) groups is 1. The van der Waals surface area contributed by atoms with E-state index in [9.17, 15) is 4.79 Å². The van der Waals surface area contributed by atoms with Gasteiger partial charge in [-0.05, 0) is 25.5 Å². The molecule has 0 spiro atoms. The van der Waals surface area contributed by atoms with E-state index in [0.29, 0.717) is 10.8 Å². The molecule has 2 aromatic rings. The zero-order valence-corrected chi connectivity index (χ0v) is 10.7. The van der Waals surface area contributed by atoms with E-state index >= 15 is 0 Å². The third kappa shape index (κ3) is 2.41. The molecule has 0 radical (unpaired) electrons. The standard InChI is InChI=1S/C11H13N3O2S/c1-6-4-5-12-9-8(6)13-11(14-9)17-7(2)10(15)16-3/h4-5,7H,1-3H3,(H,12,13,14). The van der Waals surface area contributed by atoms with Crippen LogP contribution in [-0.4, -0.2) is 33.3 Å². The Hall–Kier alpha value is -1.56. The van der Waals surface area contributed by atoms with Gasteiger partial charge in [-0.2, -0.15) is 0 Å². The highest BCUT2D eigenvalue weighted by Gasteiger charge is 2.17. The Labute approximate surface area is 103 Å². The molecule has 2 aromatic heterocycles. The summed E-state index contributed by atoms with van der Waals surface area (Å²) in [7, 11) is 1.38. The SMILES string of the molecule is COC(=O)C(C)Sc1nc2nccc(C)c2[nH]1. The van der Waals surface area contributed by atoms with Gasteiger partial charge in [-0.3, -0.25) is 4.79 Å². The van der Waals surface area contributed by atoms with Crippen molar-refractivity contribution in [3.63, 3.8) is 0 Å². The summed E-state index contributed by atoms with van der Waals surface area (Å²) in [6.45, 7) is 3.77. The van der Waals surface area contributed by atoms with Crippen LogP contribution < -0.4 is 0 Å². The van der Waals surface area contributed by atoms with Crippen molar-refractivity contribution in [2.75, 3.05) is 7.11 Å². The van der Waals surface area contributed by atoms with Gasteiger partial charge in [-0.25, -0.2) is 9.97 Å². The number of thioether (sulfide) groups is 1. The first-order valence-corrected chi connectivity index (χ1v) is 6.05. The summed E-state index contributed by atoms with van der Waals surface area (Å²) >= 11 is 1.33. The van der Waals surface area contributed by atoms with Gasteiger partial charge < -0.3 is 9.72 Å². The minimum Gasteiger partial charge on any atom is -0.468 e. The van der Waals surface area contributed by atoms with Gasteiger partial charge in [-0.1, -0.05) is 11.8 Å². The molecule has 2 rings (SSSR count). The molecule has 0 aromatic carbocycles. The minimum atomic E-state index is -0.291. The zero-order valence-electron chi connectivity index (χ0n) is 9.85. The second-order valence-electron chi connectivity index (χ2n) is 3.65. The Morgan fingerprint density at radius 1 is 1.59 bits per heavy atom. The van der Waals surface area contributed by atoms with Crippen LogP contribution in [0.25, 0.3) is 11.2 Å². The molecule has 5 nitrogen and oxygen atoms in total. The van der Waals surface area contributed by atoms with Crippen molar-refractivity contribution in [3.05, 3.63) is 17.8 Å². The molecule has 6 heteroatoms. The molecule has 0 saturated heterocycles. The number of aromatic amines is 1. The normalized spacial score (nSPS) is 12.6. The zero-order chi connectivity index (χ0) is 12.4. The average Bonchev–Trinajstić information content (AvgIpc) is 2.72. The number of H-pyrrole nitrogens is 1.